The van der Waals surface area contributed by atoms with Crippen LogP contribution in [-0.2, 0) is 9.59 Å². The first-order valence-corrected chi connectivity index (χ1v) is 6.82. The molecule has 0 saturated heterocycles. The van der Waals surface area contributed by atoms with E-state index in [9.17, 15) is 14.7 Å². The fraction of sp³-hybridized carbons (Fsp3) is 0.375. The Kier molecular flexibility index (Phi) is 6.11. The predicted octanol–water partition coefficient (Wildman–Crippen LogP) is 2.30. The number of aliphatic hydroxyl groups excluding tert-OH is 1. The van der Waals surface area contributed by atoms with Gasteiger partial charge in [0, 0.05) is 0 Å². The molecule has 0 saturated carbocycles. The second-order valence-electron chi connectivity index (χ2n) is 4.82. The molecule has 0 heterocycles. The summed E-state index contributed by atoms with van der Waals surface area (Å²) in [6.45, 7) is 1.80. The molecular weight excluding hydrogens is 272 g/mol. The van der Waals surface area contributed by atoms with Crippen LogP contribution < -0.4 is 0 Å². The molecule has 0 aliphatic heterocycles. The zero-order chi connectivity index (χ0) is 15.9. The highest BCUT2D eigenvalue weighted by Gasteiger charge is 2.40. The molecule has 0 fully saturated rings. The Balaban J connectivity index is 3.27. The van der Waals surface area contributed by atoms with Crippen LogP contribution >= 0.6 is 0 Å². The average molecular weight is 292 g/mol. The second kappa shape index (κ2) is 7.59. The maximum absolute atomic E-state index is 11.8. The van der Waals surface area contributed by atoms with Crippen molar-refractivity contribution in [3.8, 4) is 0 Å². The Morgan fingerprint density at radius 1 is 1.29 bits per heavy atom. The van der Waals surface area contributed by atoms with Crippen molar-refractivity contribution in [2.75, 3.05) is 6.61 Å². The highest BCUT2D eigenvalue weighted by Crippen LogP contribution is 2.39. The van der Waals surface area contributed by atoms with Gasteiger partial charge in [-0.15, -0.1) is 0 Å². The Labute approximate surface area is 123 Å². The summed E-state index contributed by atoms with van der Waals surface area (Å²) in [6.07, 6.45) is 10.7. The van der Waals surface area contributed by atoms with Crippen molar-refractivity contribution in [1.82, 2.24) is 0 Å². The van der Waals surface area contributed by atoms with Crippen molar-refractivity contribution in [2.45, 2.75) is 26.2 Å². The molecule has 114 valence electrons. The first-order valence-electron chi connectivity index (χ1n) is 6.82. The van der Waals surface area contributed by atoms with Crippen LogP contribution in [0.3, 0.4) is 0 Å². The van der Waals surface area contributed by atoms with Crippen LogP contribution in [0.25, 0.3) is 0 Å². The fourth-order valence-corrected chi connectivity index (χ4v) is 2.16. The van der Waals surface area contributed by atoms with Gasteiger partial charge in [-0.2, -0.15) is 0 Å². The van der Waals surface area contributed by atoms with Crippen molar-refractivity contribution in [2.24, 2.45) is 5.41 Å². The third kappa shape index (κ3) is 3.92. The molecule has 0 bridgehead atoms. The van der Waals surface area contributed by atoms with Gasteiger partial charge in [0.05, 0.1) is 12.2 Å². The second-order valence-corrected chi connectivity index (χ2v) is 4.82. The van der Waals surface area contributed by atoms with E-state index >= 15 is 0 Å². The molecule has 0 aromatic carbocycles. The first kappa shape index (κ1) is 16.9. The Morgan fingerprint density at radius 2 is 2.00 bits per heavy atom. The molecule has 0 aromatic heterocycles. The lowest BCUT2D eigenvalue weighted by Gasteiger charge is -2.29. The van der Waals surface area contributed by atoms with Gasteiger partial charge < -0.3 is 15.3 Å². The van der Waals surface area contributed by atoms with Crippen molar-refractivity contribution in [3.63, 3.8) is 0 Å². The number of aliphatic hydroxyl groups is 1. The number of carboxylic acid groups (broad SMARTS) is 2. The number of rotatable bonds is 7. The van der Waals surface area contributed by atoms with E-state index in [1.807, 2.05) is 6.92 Å². The van der Waals surface area contributed by atoms with E-state index < -0.39 is 17.4 Å². The van der Waals surface area contributed by atoms with Crippen molar-refractivity contribution < 1.29 is 24.9 Å². The molecule has 3 N–H and O–H groups in total. The third-order valence-electron chi connectivity index (χ3n) is 3.37. The number of carbonyl (C=O) groups is 2. The minimum atomic E-state index is -1.28. The molecule has 1 rings (SSSR count). The van der Waals surface area contributed by atoms with Gasteiger partial charge in [-0.1, -0.05) is 43.7 Å². The fourth-order valence-electron chi connectivity index (χ4n) is 2.16. The number of aliphatic carboxylic acids is 2. The van der Waals surface area contributed by atoms with E-state index in [1.54, 1.807) is 12.2 Å². The molecule has 0 aromatic rings. The summed E-state index contributed by atoms with van der Waals surface area (Å²) in [6, 6.07) is 0. The normalized spacial score (nSPS) is 23.5. The Hall–Kier alpha value is -2.14. The minimum absolute atomic E-state index is 0.0698. The number of hydrogen-bond acceptors (Lipinski definition) is 3. The average Bonchev–Trinajstić information content (AvgIpc) is 2.45. The van der Waals surface area contributed by atoms with Crippen molar-refractivity contribution in [1.29, 1.82) is 0 Å². The summed E-state index contributed by atoms with van der Waals surface area (Å²) in [5.41, 5.74) is -0.737. The molecule has 1 unspecified atom stereocenters. The van der Waals surface area contributed by atoms with Gasteiger partial charge in [0.25, 0.3) is 0 Å². The lowest BCUT2D eigenvalue weighted by atomic mass is 9.72. The zero-order valence-electron chi connectivity index (χ0n) is 12.0. The molecule has 21 heavy (non-hydrogen) atoms. The van der Waals surface area contributed by atoms with E-state index in [0.29, 0.717) is 12.0 Å². The van der Waals surface area contributed by atoms with E-state index in [4.69, 9.17) is 10.2 Å². The van der Waals surface area contributed by atoms with Gasteiger partial charge in [-0.3, -0.25) is 4.79 Å². The minimum Gasteiger partial charge on any atom is -0.480 e. The monoisotopic (exact) mass is 292 g/mol. The summed E-state index contributed by atoms with van der Waals surface area (Å²) in [7, 11) is 0. The van der Waals surface area contributed by atoms with E-state index in [-0.39, 0.29) is 18.6 Å². The maximum Gasteiger partial charge on any atom is 0.335 e. The van der Waals surface area contributed by atoms with Gasteiger partial charge in [0.1, 0.15) is 5.41 Å². The van der Waals surface area contributed by atoms with Crippen LogP contribution in [0.1, 0.15) is 26.2 Å². The van der Waals surface area contributed by atoms with E-state index in [1.165, 1.54) is 24.3 Å². The van der Waals surface area contributed by atoms with E-state index in [2.05, 4.69) is 0 Å². The molecular formula is C16H20O5. The van der Waals surface area contributed by atoms with Crippen LogP contribution in [0, 0.1) is 5.41 Å². The molecule has 0 spiro atoms. The molecule has 0 radical (unpaired) electrons. The maximum atomic E-state index is 11.8. The van der Waals surface area contributed by atoms with Crippen LogP contribution in [0.5, 0.6) is 0 Å². The quantitative estimate of drug-likeness (QED) is 0.626. The first-order chi connectivity index (χ1) is 9.97. The summed E-state index contributed by atoms with van der Waals surface area (Å²) < 4.78 is 0. The lowest BCUT2D eigenvalue weighted by Crippen LogP contribution is -2.32. The number of unbranched alkanes of at least 4 members (excludes halogenated alkanes) is 1. The summed E-state index contributed by atoms with van der Waals surface area (Å²) in [5, 5.41) is 27.5. The highest BCUT2D eigenvalue weighted by atomic mass is 16.4. The van der Waals surface area contributed by atoms with Crippen LogP contribution in [0.2, 0.25) is 0 Å². The number of hydrogen-bond donors (Lipinski definition) is 3. The standard InChI is InChI=1S/C16H20O5/c1-2-3-6-13-11-12(14(18)19)7-9-16(13,15(20)21)8-4-5-10-17/h4-7,9,11,17H,2-3,8,10H2,1H3,(H,18,19)(H,20,21). The molecule has 5 heteroatoms. The van der Waals surface area contributed by atoms with Crippen molar-refractivity contribution in [3.05, 3.63) is 47.6 Å². The van der Waals surface area contributed by atoms with Crippen LogP contribution in [0.15, 0.2) is 47.6 Å². The highest BCUT2D eigenvalue weighted by molar-refractivity contribution is 5.94. The third-order valence-corrected chi connectivity index (χ3v) is 3.37. The SMILES string of the molecule is CCCC=C1C=C(C(=O)O)C=CC1(CC=CCO)C(=O)O. The summed E-state index contributed by atoms with van der Waals surface area (Å²) >= 11 is 0. The summed E-state index contributed by atoms with van der Waals surface area (Å²) in [5.74, 6) is -2.12. The van der Waals surface area contributed by atoms with Gasteiger partial charge in [-0.25, -0.2) is 4.79 Å². The molecule has 0 amide bonds. The molecule has 5 nitrogen and oxygen atoms in total. The number of allylic oxidation sites excluding steroid dienone is 3. The molecule has 1 aliphatic carbocycles. The Morgan fingerprint density at radius 3 is 2.52 bits per heavy atom. The van der Waals surface area contributed by atoms with E-state index in [0.717, 1.165) is 6.42 Å². The van der Waals surface area contributed by atoms with Gasteiger partial charge in [-0.05, 0) is 24.5 Å². The Bertz CT molecular complexity index is 525. The lowest BCUT2D eigenvalue weighted by molar-refractivity contribution is -0.144. The van der Waals surface area contributed by atoms with Crippen LogP contribution in [-0.4, -0.2) is 33.9 Å². The summed E-state index contributed by atoms with van der Waals surface area (Å²) in [4.78, 5) is 22.8. The topological polar surface area (TPSA) is 94.8 Å². The van der Waals surface area contributed by atoms with Gasteiger partial charge >= 0.3 is 11.9 Å². The number of carboxylic acids is 2. The molecule has 1 aliphatic rings. The van der Waals surface area contributed by atoms with Gasteiger partial charge in [0.15, 0.2) is 0 Å². The van der Waals surface area contributed by atoms with Crippen LogP contribution in [0.4, 0.5) is 0 Å². The predicted molar refractivity (Wildman–Crippen MR) is 78.8 cm³/mol. The van der Waals surface area contributed by atoms with Crippen molar-refractivity contribution >= 4 is 11.9 Å². The molecule has 1 atom stereocenters. The largest absolute Gasteiger partial charge is 0.480 e. The van der Waals surface area contributed by atoms with Gasteiger partial charge in [0.2, 0.25) is 0 Å². The smallest absolute Gasteiger partial charge is 0.335 e. The zero-order valence-corrected chi connectivity index (χ0v) is 12.0.